The second-order valence-electron chi connectivity index (χ2n) is 5.10. The molecule has 0 saturated heterocycles. The lowest BCUT2D eigenvalue weighted by Gasteiger charge is -2.22. The van der Waals surface area contributed by atoms with E-state index in [9.17, 15) is 9.59 Å². The number of ether oxygens (including phenoxy) is 1. The van der Waals surface area contributed by atoms with Crippen molar-refractivity contribution in [3.8, 4) is 0 Å². The number of carbonyl (C=O) groups is 2. The predicted molar refractivity (Wildman–Crippen MR) is 61.3 cm³/mol. The summed E-state index contributed by atoms with van der Waals surface area (Å²) in [5.74, 6) is -1.00. The van der Waals surface area contributed by atoms with Crippen molar-refractivity contribution in [3.05, 3.63) is 0 Å². The molecule has 100 valence electrons. The number of carbonyl (C=O) groups excluding carboxylic acids is 1. The maximum Gasteiger partial charge on any atom is 0.431 e. The van der Waals surface area contributed by atoms with Gasteiger partial charge in [-0.3, -0.25) is 9.63 Å². The van der Waals surface area contributed by atoms with Crippen LogP contribution < -0.4 is 5.48 Å². The molecule has 1 unspecified atom stereocenters. The number of hydrogen-bond donors (Lipinski definition) is 2. The van der Waals surface area contributed by atoms with Crippen molar-refractivity contribution in [2.75, 3.05) is 0 Å². The summed E-state index contributed by atoms with van der Waals surface area (Å²) in [5.41, 5.74) is 1.48. The molecule has 0 heterocycles. The smallest absolute Gasteiger partial charge is 0.431 e. The molecule has 0 rings (SSSR count). The highest BCUT2D eigenvalue weighted by atomic mass is 16.7. The molecule has 0 aliphatic heterocycles. The fourth-order valence-electron chi connectivity index (χ4n) is 1.01. The second kappa shape index (κ2) is 6.44. The molecule has 0 spiro atoms. The molecule has 6 heteroatoms. The zero-order chi connectivity index (χ0) is 13.6. The Bertz CT molecular complexity index is 270. The van der Waals surface area contributed by atoms with Crippen LogP contribution in [0.3, 0.4) is 0 Å². The van der Waals surface area contributed by atoms with E-state index in [1.54, 1.807) is 20.8 Å². The van der Waals surface area contributed by atoms with Crippen LogP contribution in [0.2, 0.25) is 0 Å². The molecule has 6 nitrogen and oxygen atoms in total. The number of nitrogens with one attached hydrogen (secondary N) is 1. The monoisotopic (exact) mass is 247 g/mol. The van der Waals surface area contributed by atoms with E-state index in [-0.39, 0.29) is 12.3 Å². The first kappa shape index (κ1) is 15.7. The van der Waals surface area contributed by atoms with Gasteiger partial charge in [-0.05, 0) is 26.7 Å². The first-order valence-electron chi connectivity index (χ1n) is 5.48. The molecule has 0 aliphatic carbocycles. The van der Waals surface area contributed by atoms with Gasteiger partial charge >= 0.3 is 12.1 Å². The van der Waals surface area contributed by atoms with E-state index < -0.39 is 23.8 Å². The minimum absolute atomic E-state index is 0.0268. The lowest BCUT2D eigenvalue weighted by atomic mass is 10.0. The summed E-state index contributed by atoms with van der Waals surface area (Å²) in [5, 5.41) is 8.66. The molecule has 0 aromatic carbocycles. The van der Waals surface area contributed by atoms with Gasteiger partial charge in [0.25, 0.3) is 0 Å². The van der Waals surface area contributed by atoms with Gasteiger partial charge in [0.1, 0.15) is 5.60 Å². The Kier molecular flexibility index (Phi) is 5.95. The second-order valence-corrected chi connectivity index (χ2v) is 5.10. The van der Waals surface area contributed by atoms with Crippen LogP contribution in [-0.4, -0.2) is 28.9 Å². The number of aliphatic carboxylic acids is 1. The number of carboxylic acids is 1. The average Bonchev–Trinajstić information content (AvgIpc) is 2.08. The van der Waals surface area contributed by atoms with Gasteiger partial charge in [-0.25, -0.2) is 4.79 Å². The molecule has 17 heavy (non-hydrogen) atoms. The van der Waals surface area contributed by atoms with Crippen LogP contribution in [0, 0.1) is 5.92 Å². The van der Waals surface area contributed by atoms with E-state index in [1.807, 2.05) is 13.8 Å². The fraction of sp³-hybridized carbons (Fsp3) is 0.818. The summed E-state index contributed by atoms with van der Waals surface area (Å²) in [7, 11) is 0. The van der Waals surface area contributed by atoms with Crippen molar-refractivity contribution in [3.63, 3.8) is 0 Å². The Hall–Kier alpha value is -1.30. The Morgan fingerprint density at radius 2 is 1.82 bits per heavy atom. The number of rotatable bonds is 5. The van der Waals surface area contributed by atoms with E-state index in [0.29, 0.717) is 0 Å². The van der Waals surface area contributed by atoms with Gasteiger partial charge < -0.3 is 9.84 Å². The van der Waals surface area contributed by atoms with Crippen molar-refractivity contribution < 1.29 is 24.3 Å². The summed E-state index contributed by atoms with van der Waals surface area (Å²) >= 11 is 0. The van der Waals surface area contributed by atoms with E-state index in [2.05, 4.69) is 5.48 Å². The zero-order valence-electron chi connectivity index (χ0n) is 10.9. The highest BCUT2D eigenvalue weighted by molar-refractivity contribution is 5.68. The van der Waals surface area contributed by atoms with E-state index in [1.165, 1.54) is 0 Å². The standard InChI is InChI=1S/C11H21NO5/c1-7(2)8(6-9(13)14)17-12-10(15)16-11(3,4)5/h7-8H,6H2,1-5H3,(H,12,15)(H,13,14). The third-order valence-corrected chi connectivity index (χ3v) is 1.81. The molecule has 0 fully saturated rings. The largest absolute Gasteiger partial charge is 0.481 e. The Balaban J connectivity index is 4.13. The highest BCUT2D eigenvalue weighted by Crippen LogP contribution is 2.11. The molecule has 2 N–H and O–H groups in total. The van der Waals surface area contributed by atoms with Crippen molar-refractivity contribution in [1.82, 2.24) is 5.48 Å². The topological polar surface area (TPSA) is 84.9 Å². The van der Waals surface area contributed by atoms with Crippen molar-refractivity contribution in [2.45, 2.75) is 52.7 Å². The highest BCUT2D eigenvalue weighted by Gasteiger charge is 2.21. The van der Waals surface area contributed by atoms with Crippen molar-refractivity contribution in [1.29, 1.82) is 0 Å². The lowest BCUT2D eigenvalue weighted by molar-refractivity contribution is -0.143. The molecule has 0 radical (unpaired) electrons. The molecule has 0 aromatic rings. The summed E-state index contributed by atoms with van der Waals surface area (Å²) in [6.45, 7) is 8.80. The van der Waals surface area contributed by atoms with E-state index in [0.717, 1.165) is 0 Å². The molecule has 0 saturated carbocycles. The third-order valence-electron chi connectivity index (χ3n) is 1.81. The average molecular weight is 247 g/mol. The van der Waals surface area contributed by atoms with Gasteiger partial charge in [-0.15, -0.1) is 0 Å². The van der Waals surface area contributed by atoms with Gasteiger partial charge in [0.15, 0.2) is 0 Å². The molecule has 1 amide bonds. The number of hydrogen-bond acceptors (Lipinski definition) is 4. The Morgan fingerprint density at radius 1 is 1.29 bits per heavy atom. The lowest BCUT2D eigenvalue weighted by Crippen LogP contribution is -2.37. The predicted octanol–water partition coefficient (Wildman–Crippen LogP) is 1.94. The third kappa shape index (κ3) is 8.50. The Morgan fingerprint density at radius 3 is 2.18 bits per heavy atom. The molecular formula is C11H21NO5. The van der Waals surface area contributed by atoms with Crippen LogP contribution in [-0.2, 0) is 14.4 Å². The van der Waals surface area contributed by atoms with Gasteiger partial charge in [0.2, 0.25) is 0 Å². The summed E-state index contributed by atoms with van der Waals surface area (Å²) in [6.07, 6.45) is -1.48. The van der Waals surface area contributed by atoms with Gasteiger partial charge in [-0.1, -0.05) is 13.8 Å². The van der Waals surface area contributed by atoms with Crippen molar-refractivity contribution >= 4 is 12.1 Å². The quantitative estimate of drug-likeness (QED) is 0.725. The first-order valence-corrected chi connectivity index (χ1v) is 5.48. The van der Waals surface area contributed by atoms with Gasteiger partial charge in [-0.2, -0.15) is 5.48 Å². The Labute approximate surface area is 101 Å². The normalized spacial score (nSPS) is 13.3. The van der Waals surface area contributed by atoms with E-state index >= 15 is 0 Å². The van der Waals surface area contributed by atoms with Crippen LogP contribution in [0.1, 0.15) is 41.0 Å². The van der Waals surface area contributed by atoms with Crippen molar-refractivity contribution in [2.24, 2.45) is 5.92 Å². The van der Waals surface area contributed by atoms with Crippen LogP contribution in [0.25, 0.3) is 0 Å². The van der Waals surface area contributed by atoms with Gasteiger partial charge in [0.05, 0.1) is 12.5 Å². The summed E-state index contributed by atoms with van der Waals surface area (Å²) < 4.78 is 4.95. The summed E-state index contributed by atoms with van der Waals surface area (Å²) in [4.78, 5) is 26.8. The van der Waals surface area contributed by atoms with Crippen LogP contribution in [0.15, 0.2) is 0 Å². The van der Waals surface area contributed by atoms with Crippen LogP contribution in [0.5, 0.6) is 0 Å². The molecular weight excluding hydrogens is 226 g/mol. The maximum absolute atomic E-state index is 11.3. The number of hydroxylamine groups is 1. The minimum atomic E-state index is -0.977. The van der Waals surface area contributed by atoms with Crippen LogP contribution >= 0.6 is 0 Å². The minimum Gasteiger partial charge on any atom is -0.481 e. The molecule has 0 aliphatic rings. The number of carboxylic acid groups (broad SMARTS) is 1. The van der Waals surface area contributed by atoms with Crippen LogP contribution in [0.4, 0.5) is 4.79 Å². The SMILES string of the molecule is CC(C)C(CC(=O)O)ONC(=O)OC(C)(C)C. The summed E-state index contributed by atoms with van der Waals surface area (Å²) in [6, 6.07) is 0. The molecule has 0 bridgehead atoms. The molecule has 0 aromatic heterocycles. The first-order chi connectivity index (χ1) is 7.61. The van der Waals surface area contributed by atoms with Gasteiger partial charge in [0, 0.05) is 0 Å². The zero-order valence-corrected chi connectivity index (χ0v) is 10.9. The fourth-order valence-corrected chi connectivity index (χ4v) is 1.01. The number of amides is 1. The van der Waals surface area contributed by atoms with E-state index in [4.69, 9.17) is 14.7 Å². The molecule has 1 atom stereocenters. The maximum atomic E-state index is 11.3.